The van der Waals surface area contributed by atoms with Crippen LogP contribution in [0.4, 0.5) is 5.82 Å². The number of nitrogens with one attached hydrogen (secondary N) is 1. The minimum Gasteiger partial charge on any atom is -0.467 e. The molecule has 122 valence electrons. The van der Waals surface area contributed by atoms with E-state index in [-0.39, 0.29) is 5.91 Å². The van der Waals surface area contributed by atoms with E-state index in [9.17, 15) is 4.79 Å². The van der Waals surface area contributed by atoms with E-state index in [2.05, 4.69) is 32.1 Å². The third kappa shape index (κ3) is 3.87. The maximum absolute atomic E-state index is 12.3. The number of carbonyl (C=O) groups is 1. The van der Waals surface area contributed by atoms with E-state index in [0.717, 1.165) is 32.0 Å². The van der Waals surface area contributed by atoms with Crippen LogP contribution in [0, 0.1) is 6.92 Å². The average Bonchev–Trinajstić information content (AvgIpc) is 3.06. The molecule has 3 rings (SSSR count). The van der Waals surface area contributed by atoms with Gasteiger partial charge in [0.05, 0.1) is 12.8 Å². The maximum atomic E-state index is 12.3. The fourth-order valence-electron chi connectivity index (χ4n) is 2.54. The lowest BCUT2D eigenvalue weighted by Crippen LogP contribution is -2.45. The largest absolute Gasteiger partial charge is 0.467 e. The van der Waals surface area contributed by atoms with Gasteiger partial charge in [-0.15, -0.1) is 0 Å². The van der Waals surface area contributed by atoms with E-state index >= 15 is 0 Å². The first-order valence-electron chi connectivity index (χ1n) is 7.71. The smallest absolute Gasteiger partial charge is 0.270 e. The van der Waals surface area contributed by atoms with Crippen LogP contribution in [0.5, 0.6) is 0 Å². The van der Waals surface area contributed by atoms with Gasteiger partial charge in [0.2, 0.25) is 0 Å². The van der Waals surface area contributed by atoms with E-state index < -0.39 is 0 Å². The van der Waals surface area contributed by atoms with Crippen molar-refractivity contribution >= 4 is 11.7 Å². The second-order valence-electron chi connectivity index (χ2n) is 5.71. The van der Waals surface area contributed by atoms with Crippen LogP contribution >= 0.6 is 0 Å². The Morgan fingerprint density at radius 1 is 1.30 bits per heavy atom. The first kappa shape index (κ1) is 15.5. The molecule has 0 saturated carbocycles. The molecule has 7 nitrogen and oxygen atoms in total. The predicted octanol–water partition coefficient (Wildman–Crippen LogP) is 1.06. The Morgan fingerprint density at radius 3 is 2.78 bits per heavy atom. The van der Waals surface area contributed by atoms with Gasteiger partial charge in [0.25, 0.3) is 5.91 Å². The van der Waals surface area contributed by atoms with Gasteiger partial charge in [-0.1, -0.05) is 0 Å². The number of hydrogen-bond acceptors (Lipinski definition) is 6. The van der Waals surface area contributed by atoms with E-state index in [1.165, 1.54) is 0 Å². The Bertz CT molecular complexity index is 663. The topological polar surface area (TPSA) is 74.5 Å². The van der Waals surface area contributed by atoms with Crippen molar-refractivity contribution in [1.82, 2.24) is 20.2 Å². The Labute approximate surface area is 135 Å². The number of nitrogens with zero attached hydrogens (tertiary/aromatic N) is 4. The Balaban J connectivity index is 1.70. The monoisotopic (exact) mass is 315 g/mol. The second-order valence-corrected chi connectivity index (χ2v) is 5.71. The summed E-state index contributed by atoms with van der Waals surface area (Å²) >= 11 is 0. The molecule has 0 radical (unpaired) electrons. The quantitative estimate of drug-likeness (QED) is 0.909. The van der Waals surface area contributed by atoms with Crippen LogP contribution in [0.2, 0.25) is 0 Å². The molecule has 23 heavy (non-hydrogen) atoms. The van der Waals surface area contributed by atoms with Gasteiger partial charge < -0.3 is 19.5 Å². The van der Waals surface area contributed by atoms with Gasteiger partial charge in [0.15, 0.2) is 0 Å². The highest BCUT2D eigenvalue weighted by molar-refractivity contribution is 5.92. The third-order valence-electron chi connectivity index (χ3n) is 3.89. The molecule has 0 bridgehead atoms. The standard InChI is InChI=1S/C16H21N5O2/c1-12-18-14(16(22)17-11-13-4-3-9-23-13)10-15(19-12)21-7-5-20(2)6-8-21/h3-4,9-10H,5-8,11H2,1-2H3,(H,17,22). The highest BCUT2D eigenvalue weighted by atomic mass is 16.3. The van der Waals surface area contributed by atoms with Gasteiger partial charge in [0, 0.05) is 32.2 Å². The van der Waals surface area contributed by atoms with E-state index in [1.54, 1.807) is 18.4 Å². The molecular weight excluding hydrogens is 294 g/mol. The summed E-state index contributed by atoms with van der Waals surface area (Å²) < 4.78 is 5.21. The zero-order valence-electron chi connectivity index (χ0n) is 13.5. The number of amides is 1. The summed E-state index contributed by atoms with van der Waals surface area (Å²) in [6, 6.07) is 5.37. The fraction of sp³-hybridized carbons (Fsp3) is 0.438. The summed E-state index contributed by atoms with van der Waals surface area (Å²) in [6.45, 7) is 5.94. The molecule has 2 aromatic heterocycles. The predicted molar refractivity (Wildman–Crippen MR) is 86.4 cm³/mol. The van der Waals surface area contributed by atoms with Crippen LogP contribution in [0.3, 0.4) is 0 Å². The number of carbonyl (C=O) groups excluding carboxylic acids is 1. The fourth-order valence-corrected chi connectivity index (χ4v) is 2.54. The van der Waals surface area contributed by atoms with Crippen LogP contribution in [-0.2, 0) is 6.54 Å². The van der Waals surface area contributed by atoms with Crippen molar-refractivity contribution in [3.05, 3.63) is 41.7 Å². The molecule has 2 aromatic rings. The SMILES string of the molecule is Cc1nc(C(=O)NCc2ccco2)cc(N2CCN(C)CC2)n1. The summed E-state index contributed by atoms with van der Waals surface area (Å²) in [5, 5.41) is 2.82. The Hall–Kier alpha value is -2.41. The molecule has 1 amide bonds. The molecule has 1 aliphatic rings. The summed E-state index contributed by atoms with van der Waals surface area (Å²) in [5.41, 5.74) is 0.387. The first-order valence-corrected chi connectivity index (χ1v) is 7.71. The van der Waals surface area contributed by atoms with Crippen LogP contribution in [0.15, 0.2) is 28.9 Å². The second kappa shape index (κ2) is 6.78. The molecule has 0 aliphatic carbocycles. The normalized spacial score (nSPS) is 15.7. The third-order valence-corrected chi connectivity index (χ3v) is 3.89. The zero-order valence-corrected chi connectivity index (χ0v) is 13.5. The molecule has 1 N–H and O–H groups in total. The molecule has 0 unspecified atom stereocenters. The average molecular weight is 315 g/mol. The zero-order chi connectivity index (χ0) is 16.2. The molecule has 1 fully saturated rings. The highest BCUT2D eigenvalue weighted by Crippen LogP contribution is 2.15. The molecule has 0 spiro atoms. The lowest BCUT2D eigenvalue weighted by molar-refractivity contribution is 0.0942. The van der Waals surface area contributed by atoms with Crippen LogP contribution < -0.4 is 10.2 Å². The minimum absolute atomic E-state index is 0.220. The first-order chi connectivity index (χ1) is 11.1. The van der Waals surface area contributed by atoms with E-state index in [1.807, 2.05) is 13.0 Å². The van der Waals surface area contributed by atoms with Crippen molar-refractivity contribution in [3.63, 3.8) is 0 Å². The Morgan fingerprint density at radius 2 is 2.09 bits per heavy atom. The summed E-state index contributed by atoms with van der Waals surface area (Å²) in [4.78, 5) is 25.5. The number of rotatable bonds is 4. The minimum atomic E-state index is -0.220. The molecule has 1 aliphatic heterocycles. The summed E-state index contributed by atoms with van der Waals surface area (Å²) in [6.07, 6.45) is 1.59. The molecule has 0 aromatic carbocycles. The van der Waals surface area contributed by atoms with Gasteiger partial charge >= 0.3 is 0 Å². The molecule has 3 heterocycles. The number of aryl methyl sites for hydroxylation is 1. The summed E-state index contributed by atoms with van der Waals surface area (Å²) in [7, 11) is 2.11. The number of furan rings is 1. The Kier molecular flexibility index (Phi) is 4.57. The van der Waals surface area contributed by atoms with E-state index in [4.69, 9.17) is 4.42 Å². The maximum Gasteiger partial charge on any atom is 0.270 e. The molecule has 1 saturated heterocycles. The number of piperazine rings is 1. The van der Waals surface area contributed by atoms with Gasteiger partial charge in [-0.25, -0.2) is 9.97 Å². The number of anilines is 1. The van der Waals surface area contributed by atoms with Gasteiger partial charge in [-0.3, -0.25) is 4.79 Å². The summed E-state index contributed by atoms with van der Waals surface area (Å²) in [5.74, 6) is 1.91. The van der Waals surface area contributed by atoms with Gasteiger partial charge in [-0.05, 0) is 26.1 Å². The van der Waals surface area contributed by atoms with E-state index in [0.29, 0.717) is 23.8 Å². The van der Waals surface area contributed by atoms with Crippen LogP contribution in [0.25, 0.3) is 0 Å². The number of hydrogen-bond donors (Lipinski definition) is 1. The molecule has 7 heteroatoms. The van der Waals surface area contributed by atoms with Crippen molar-refractivity contribution in [2.45, 2.75) is 13.5 Å². The van der Waals surface area contributed by atoms with Gasteiger partial charge in [0.1, 0.15) is 23.1 Å². The molecule has 0 atom stereocenters. The molecular formula is C16H21N5O2. The van der Waals surface area contributed by atoms with Crippen LogP contribution in [0.1, 0.15) is 22.1 Å². The van der Waals surface area contributed by atoms with Crippen molar-refractivity contribution in [2.75, 3.05) is 38.1 Å². The number of likely N-dealkylation sites (N-methyl/N-ethyl adjacent to an activating group) is 1. The van der Waals surface area contributed by atoms with Crippen molar-refractivity contribution in [2.24, 2.45) is 0 Å². The lowest BCUT2D eigenvalue weighted by atomic mass is 10.3. The van der Waals surface area contributed by atoms with Crippen LogP contribution in [-0.4, -0.2) is 54.0 Å². The van der Waals surface area contributed by atoms with Crippen molar-refractivity contribution < 1.29 is 9.21 Å². The van der Waals surface area contributed by atoms with Crippen molar-refractivity contribution in [1.29, 1.82) is 0 Å². The lowest BCUT2D eigenvalue weighted by Gasteiger charge is -2.33. The van der Waals surface area contributed by atoms with Gasteiger partial charge in [-0.2, -0.15) is 0 Å². The highest BCUT2D eigenvalue weighted by Gasteiger charge is 2.18. The number of aromatic nitrogens is 2. The van der Waals surface area contributed by atoms with Crippen molar-refractivity contribution in [3.8, 4) is 0 Å².